The second kappa shape index (κ2) is 8.79. The predicted octanol–water partition coefficient (Wildman–Crippen LogP) is 1.66. The minimum Gasteiger partial charge on any atom is -0.480 e. The Kier molecular flexibility index (Phi) is 8.22. The lowest BCUT2D eigenvalue weighted by molar-refractivity contribution is -0.144. The first-order valence-corrected chi connectivity index (χ1v) is 7.22. The molecule has 0 saturated carbocycles. The molecule has 6 heteroatoms. The molecule has 6 nitrogen and oxygen atoms in total. The molecule has 0 radical (unpaired) electrons. The van der Waals surface area contributed by atoms with E-state index in [9.17, 15) is 9.59 Å². The third-order valence-electron chi connectivity index (χ3n) is 3.47. The molecule has 20 heavy (non-hydrogen) atoms. The van der Waals surface area contributed by atoms with E-state index in [1.54, 1.807) is 0 Å². The van der Waals surface area contributed by atoms with Crippen molar-refractivity contribution in [2.75, 3.05) is 20.1 Å². The van der Waals surface area contributed by atoms with Gasteiger partial charge in [-0.2, -0.15) is 0 Å². The van der Waals surface area contributed by atoms with Crippen LogP contribution in [0.2, 0.25) is 0 Å². The summed E-state index contributed by atoms with van der Waals surface area (Å²) in [6.45, 7) is 9.08. The summed E-state index contributed by atoms with van der Waals surface area (Å²) in [6.07, 6.45) is 1.94. The Labute approximate surface area is 121 Å². The largest absolute Gasteiger partial charge is 0.480 e. The maximum absolute atomic E-state index is 11.7. The smallest absolute Gasteiger partial charge is 0.329 e. The lowest BCUT2D eigenvalue weighted by Gasteiger charge is -2.26. The number of carbonyl (C=O) groups excluding carboxylic acids is 1. The highest BCUT2D eigenvalue weighted by Gasteiger charge is 2.33. The monoisotopic (exact) mass is 287 g/mol. The van der Waals surface area contributed by atoms with Crippen LogP contribution >= 0.6 is 0 Å². The summed E-state index contributed by atoms with van der Waals surface area (Å²) in [7, 11) is 2.04. The van der Waals surface area contributed by atoms with Crippen LogP contribution in [0.4, 0.5) is 4.79 Å². The topological polar surface area (TPSA) is 81.7 Å². The fraction of sp³-hybridized carbons (Fsp3) is 0.857. The highest BCUT2D eigenvalue weighted by atomic mass is 16.4. The zero-order valence-corrected chi connectivity index (χ0v) is 13.3. The Morgan fingerprint density at radius 1 is 1.35 bits per heavy atom. The van der Waals surface area contributed by atoms with Crippen molar-refractivity contribution in [2.45, 2.75) is 58.5 Å². The Morgan fingerprint density at radius 3 is 2.40 bits per heavy atom. The first-order chi connectivity index (χ1) is 9.23. The van der Waals surface area contributed by atoms with E-state index in [2.05, 4.69) is 29.4 Å². The van der Waals surface area contributed by atoms with Gasteiger partial charge in [0.15, 0.2) is 0 Å². The average Bonchev–Trinajstić information content (AvgIpc) is 2.34. The molecule has 3 N–H and O–H groups in total. The third-order valence-corrected chi connectivity index (χ3v) is 3.47. The summed E-state index contributed by atoms with van der Waals surface area (Å²) in [5.74, 6) is -1.01. The summed E-state index contributed by atoms with van der Waals surface area (Å²) < 4.78 is 0. The number of amides is 2. The predicted molar refractivity (Wildman–Crippen MR) is 79.9 cm³/mol. The van der Waals surface area contributed by atoms with Gasteiger partial charge in [-0.1, -0.05) is 13.3 Å². The quantitative estimate of drug-likeness (QED) is 0.563. The lowest BCUT2D eigenvalue weighted by Crippen LogP contribution is -2.55. The number of carboxylic acids is 1. The molecule has 0 aliphatic rings. The maximum Gasteiger partial charge on any atom is 0.329 e. The molecule has 0 saturated heterocycles. The molecule has 0 aliphatic carbocycles. The molecule has 0 rings (SSSR count). The molecular weight excluding hydrogens is 258 g/mol. The molecule has 0 aromatic heterocycles. The number of rotatable bonds is 9. The Balaban J connectivity index is 4.07. The van der Waals surface area contributed by atoms with Gasteiger partial charge in [0.1, 0.15) is 5.54 Å². The SMILES string of the molecule is CCCC(C)(NC(=O)NCCCN(C)C(C)C)C(=O)O. The number of carboxylic acid groups (broad SMARTS) is 1. The molecule has 1 atom stereocenters. The molecule has 0 heterocycles. The molecule has 1 unspecified atom stereocenters. The van der Waals surface area contributed by atoms with Crippen molar-refractivity contribution in [3.8, 4) is 0 Å². The van der Waals surface area contributed by atoms with Gasteiger partial charge >= 0.3 is 12.0 Å². The molecular formula is C14H29N3O3. The highest BCUT2D eigenvalue weighted by Crippen LogP contribution is 2.12. The van der Waals surface area contributed by atoms with Crippen molar-refractivity contribution in [1.29, 1.82) is 0 Å². The third kappa shape index (κ3) is 6.75. The lowest BCUT2D eigenvalue weighted by atomic mass is 9.97. The van der Waals surface area contributed by atoms with E-state index >= 15 is 0 Å². The fourth-order valence-corrected chi connectivity index (χ4v) is 1.81. The van der Waals surface area contributed by atoms with Crippen molar-refractivity contribution >= 4 is 12.0 Å². The van der Waals surface area contributed by atoms with Crippen molar-refractivity contribution in [3.05, 3.63) is 0 Å². The molecule has 0 aromatic rings. The number of carbonyl (C=O) groups is 2. The number of nitrogens with zero attached hydrogens (tertiary/aromatic N) is 1. The van der Waals surface area contributed by atoms with Gasteiger partial charge in [-0.05, 0) is 47.2 Å². The number of hydrogen-bond donors (Lipinski definition) is 3. The molecule has 0 fully saturated rings. The molecule has 0 spiro atoms. The Bertz CT molecular complexity index is 321. The first kappa shape index (κ1) is 18.7. The van der Waals surface area contributed by atoms with E-state index in [0.29, 0.717) is 25.4 Å². The number of hydrogen-bond acceptors (Lipinski definition) is 3. The van der Waals surface area contributed by atoms with Gasteiger partial charge in [0.05, 0.1) is 0 Å². The molecule has 2 amide bonds. The molecule has 0 bridgehead atoms. The number of nitrogens with one attached hydrogen (secondary N) is 2. The summed E-state index contributed by atoms with van der Waals surface area (Å²) in [5.41, 5.74) is -1.20. The van der Waals surface area contributed by atoms with Crippen LogP contribution in [0.3, 0.4) is 0 Å². The number of urea groups is 1. The van der Waals surface area contributed by atoms with Gasteiger partial charge in [0.2, 0.25) is 0 Å². The van der Waals surface area contributed by atoms with Crippen LogP contribution in [0.1, 0.15) is 47.0 Å². The maximum atomic E-state index is 11.7. The Morgan fingerprint density at radius 2 is 1.95 bits per heavy atom. The van der Waals surface area contributed by atoms with E-state index in [-0.39, 0.29) is 0 Å². The van der Waals surface area contributed by atoms with Crippen LogP contribution in [0.25, 0.3) is 0 Å². The number of aliphatic carboxylic acids is 1. The summed E-state index contributed by atoms with van der Waals surface area (Å²) >= 11 is 0. The standard InChI is InChI=1S/C14H29N3O3/c1-6-8-14(4,12(18)19)16-13(20)15-9-7-10-17(5)11(2)3/h11H,6-10H2,1-5H3,(H,18,19)(H2,15,16,20). The molecule has 0 aromatic carbocycles. The van der Waals surface area contributed by atoms with Crippen LogP contribution in [0.5, 0.6) is 0 Å². The van der Waals surface area contributed by atoms with Crippen LogP contribution in [-0.2, 0) is 4.79 Å². The van der Waals surface area contributed by atoms with Gasteiger partial charge in [-0.15, -0.1) is 0 Å². The van der Waals surface area contributed by atoms with E-state index in [0.717, 1.165) is 13.0 Å². The summed E-state index contributed by atoms with van der Waals surface area (Å²) in [4.78, 5) is 25.1. The molecule has 0 aliphatic heterocycles. The summed E-state index contributed by atoms with van der Waals surface area (Å²) in [5, 5.41) is 14.4. The van der Waals surface area contributed by atoms with Crippen LogP contribution < -0.4 is 10.6 Å². The van der Waals surface area contributed by atoms with Gasteiger partial charge < -0.3 is 20.6 Å². The van der Waals surface area contributed by atoms with Crippen molar-refractivity contribution < 1.29 is 14.7 Å². The van der Waals surface area contributed by atoms with Crippen LogP contribution in [-0.4, -0.2) is 53.7 Å². The van der Waals surface area contributed by atoms with Gasteiger partial charge in [-0.3, -0.25) is 0 Å². The van der Waals surface area contributed by atoms with Crippen molar-refractivity contribution in [1.82, 2.24) is 15.5 Å². The zero-order chi connectivity index (χ0) is 15.8. The van der Waals surface area contributed by atoms with Gasteiger partial charge in [-0.25, -0.2) is 9.59 Å². The van der Waals surface area contributed by atoms with Crippen LogP contribution in [0, 0.1) is 0 Å². The second-order valence-corrected chi connectivity index (χ2v) is 5.70. The minimum absolute atomic E-state index is 0.409. The normalized spacial score (nSPS) is 14.2. The first-order valence-electron chi connectivity index (χ1n) is 7.22. The molecule has 118 valence electrons. The van der Waals surface area contributed by atoms with E-state index in [1.165, 1.54) is 6.92 Å². The van der Waals surface area contributed by atoms with Gasteiger partial charge in [0, 0.05) is 12.6 Å². The van der Waals surface area contributed by atoms with Crippen molar-refractivity contribution in [2.24, 2.45) is 0 Å². The minimum atomic E-state index is -1.20. The summed E-state index contributed by atoms with van der Waals surface area (Å²) in [6, 6.07) is 0.0548. The van der Waals surface area contributed by atoms with Crippen molar-refractivity contribution in [3.63, 3.8) is 0 Å². The fourth-order valence-electron chi connectivity index (χ4n) is 1.81. The van der Waals surface area contributed by atoms with E-state index in [1.807, 2.05) is 14.0 Å². The van der Waals surface area contributed by atoms with E-state index < -0.39 is 17.5 Å². The average molecular weight is 287 g/mol. The van der Waals surface area contributed by atoms with Gasteiger partial charge in [0.25, 0.3) is 0 Å². The van der Waals surface area contributed by atoms with Crippen LogP contribution in [0.15, 0.2) is 0 Å². The zero-order valence-electron chi connectivity index (χ0n) is 13.3. The highest BCUT2D eigenvalue weighted by molar-refractivity contribution is 5.85. The second-order valence-electron chi connectivity index (χ2n) is 5.70. The van der Waals surface area contributed by atoms with E-state index in [4.69, 9.17) is 5.11 Å². The Hall–Kier alpha value is -1.30.